The quantitative estimate of drug-likeness (QED) is 0.239. The van der Waals surface area contributed by atoms with Crippen molar-refractivity contribution in [3.05, 3.63) is 24.0 Å². The van der Waals surface area contributed by atoms with Crippen LogP contribution in [0.5, 0.6) is 0 Å². The molecule has 196 valence electrons. The molecule has 0 bridgehead atoms. The van der Waals surface area contributed by atoms with Crippen LogP contribution in [0.1, 0.15) is 97.3 Å². The van der Waals surface area contributed by atoms with Gasteiger partial charge in [0.25, 0.3) is 0 Å². The Morgan fingerprint density at radius 3 is 2.46 bits per heavy atom. The van der Waals surface area contributed by atoms with Gasteiger partial charge in [0.2, 0.25) is 17.7 Å². The summed E-state index contributed by atoms with van der Waals surface area (Å²) in [5.41, 5.74) is -0.754. The van der Waals surface area contributed by atoms with Gasteiger partial charge < -0.3 is 20.2 Å². The lowest BCUT2D eigenvalue weighted by molar-refractivity contribution is -0.141. The first-order valence-corrected chi connectivity index (χ1v) is 13.9. The topological polar surface area (TPSA) is 90.0 Å². The molecule has 0 radical (unpaired) electrons. The highest BCUT2D eigenvalue weighted by atomic mass is 16.3. The average molecular weight is 488 g/mol. The minimum atomic E-state index is -0.754. The highest BCUT2D eigenvalue weighted by molar-refractivity contribution is 5.90. The molecule has 1 aliphatic carbocycles. The highest BCUT2D eigenvalue weighted by Crippen LogP contribution is 2.49. The Balaban J connectivity index is 1.57. The number of piperidine rings is 1. The predicted octanol–water partition coefficient (Wildman–Crippen LogP) is 4.63. The van der Waals surface area contributed by atoms with E-state index >= 15 is 0 Å². The van der Waals surface area contributed by atoms with Crippen molar-refractivity contribution in [3.8, 4) is 0 Å². The molecule has 3 aliphatic rings. The van der Waals surface area contributed by atoms with Crippen LogP contribution in [0.25, 0.3) is 0 Å². The summed E-state index contributed by atoms with van der Waals surface area (Å²) < 4.78 is 0. The smallest absolute Gasteiger partial charge is 0.243 e. The number of nitrogens with one attached hydrogen (secondary N) is 1. The van der Waals surface area contributed by atoms with E-state index in [1.165, 1.54) is 12.8 Å². The summed E-state index contributed by atoms with van der Waals surface area (Å²) in [4.78, 5) is 42.3. The fourth-order valence-corrected chi connectivity index (χ4v) is 5.47. The third kappa shape index (κ3) is 7.11. The summed E-state index contributed by atoms with van der Waals surface area (Å²) >= 11 is 0. The van der Waals surface area contributed by atoms with Crippen LogP contribution in [0.2, 0.25) is 0 Å². The molecule has 0 aromatic rings. The summed E-state index contributed by atoms with van der Waals surface area (Å²) in [7, 11) is 0. The van der Waals surface area contributed by atoms with Crippen LogP contribution in [0, 0.1) is 5.92 Å². The maximum atomic E-state index is 13.3. The molecule has 3 unspecified atom stereocenters. The molecule has 0 aromatic heterocycles. The summed E-state index contributed by atoms with van der Waals surface area (Å²) in [5, 5.41) is 13.9. The maximum Gasteiger partial charge on any atom is 0.243 e. The fourth-order valence-electron chi connectivity index (χ4n) is 5.47. The van der Waals surface area contributed by atoms with Gasteiger partial charge in [0.05, 0.1) is 0 Å². The van der Waals surface area contributed by atoms with E-state index < -0.39 is 11.6 Å². The summed E-state index contributed by atoms with van der Waals surface area (Å²) in [5.74, 6) is 0.0104. The number of nitrogens with zero attached hydrogens (tertiary/aromatic N) is 2. The van der Waals surface area contributed by atoms with E-state index in [4.69, 9.17) is 0 Å². The van der Waals surface area contributed by atoms with Gasteiger partial charge in [0.1, 0.15) is 17.3 Å². The molecule has 3 rings (SSSR count). The van der Waals surface area contributed by atoms with Crippen LogP contribution < -0.4 is 5.32 Å². The van der Waals surface area contributed by atoms with Gasteiger partial charge in [-0.3, -0.25) is 14.4 Å². The Kier molecular flexibility index (Phi) is 10.2. The van der Waals surface area contributed by atoms with Gasteiger partial charge in [-0.2, -0.15) is 0 Å². The fraction of sp³-hybridized carbons (Fsp3) is 0.750. The van der Waals surface area contributed by atoms with Crippen molar-refractivity contribution in [1.82, 2.24) is 15.1 Å². The van der Waals surface area contributed by atoms with Gasteiger partial charge in [-0.1, -0.05) is 38.8 Å². The second-order valence-electron chi connectivity index (χ2n) is 10.4. The van der Waals surface area contributed by atoms with Crippen LogP contribution in [-0.4, -0.2) is 63.8 Å². The Bertz CT molecular complexity index is 802. The van der Waals surface area contributed by atoms with E-state index in [1.54, 1.807) is 11.0 Å². The van der Waals surface area contributed by atoms with Gasteiger partial charge in [-0.15, -0.1) is 0 Å². The van der Waals surface area contributed by atoms with E-state index in [0.717, 1.165) is 51.6 Å². The number of likely N-dealkylation sites (tertiary alicyclic amines) is 2. The third-order valence-corrected chi connectivity index (χ3v) is 7.70. The first kappa shape index (κ1) is 27.3. The Hall–Kier alpha value is -2.31. The van der Waals surface area contributed by atoms with Crippen LogP contribution in [0.15, 0.2) is 24.0 Å². The molecule has 0 aromatic carbocycles. The third-order valence-electron chi connectivity index (χ3n) is 7.70. The SMILES string of the molecule is CC/C=C(/O)C1(NC(=O)C2CCCN2C(=O)CCC(=O)N2CCCCC2)CC1/C=C\CCCCC. The summed E-state index contributed by atoms with van der Waals surface area (Å²) in [6, 6.07) is -0.534. The van der Waals surface area contributed by atoms with E-state index in [9.17, 15) is 19.5 Å². The van der Waals surface area contributed by atoms with Gasteiger partial charge in [0.15, 0.2) is 0 Å². The minimum Gasteiger partial charge on any atom is -0.510 e. The average Bonchev–Trinajstić information content (AvgIpc) is 3.33. The van der Waals surface area contributed by atoms with E-state index in [2.05, 4.69) is 24.4 Å². The first-order chi connectivity index (χ1) is 16.9. The molecule has 35 heavy (non-hydrogen) atoms. The van der Waals surface area contributed by atoms with Crippen molar-refractivity contribution in [2.24, 2.45) is 5.92 Å². The molecule has 3 fully saturated rings. The van der Waals surface area contributed by atoms with Gasteiger partial charge >= 0.3 is 0 Å². The van der Waals surface area contributed by atoms with Crippen LogP contribution in [0.3, 0.4) is 0 Å². The summed E-state index contributed by atoms with van der Waals surface area (Å²) in [6.45, 7) is 6.26. The lowest BCUT2D eigenvalue weighted by Crippen LogP contribution is -2.51. The molecule has 0 spiro atoms. The van der Waals surface area contributed by atoms with Crippen LogP contribution in [0.4, 0.5) is 0 Å². The Morgan fingerprint density at radius 1 is 1.00 bits per heavy atom. The van der Waals surface area contributed by atoms with Crippen molar-refractivity contribution >= 4 is 17.7 Å². The first-order valence-electron chi connectivity index (χ1n) is 13.9. The molecule has 2 N–H and O–H groups in total. The number of unbranched alkanes of at least 4 members (excludes halogenated alkanes) is 3. The lowest BCUT2D eigenvalue weighted by Gasteiger charge is -2.28. The zero-order valence-electron chi connectivity index (χ0n) is 21.8. The van der Waals surface area contributed by atoms with Gasteiger partial charge in [0, 0.05) is 38.4 Å². The van der Waals surface area contributed by atoms with Crippen molar-refractivity contribution in [1.29, 1.82) is 0 Å². The molecular weight excluding hydrogens is 442 g/mol. The number of allylic oxidation sites excluding steroid dienone is 2. The largest absolute Gasteiger partial charge is 0.510 e. The standard InChI is InChI=1S/C28H45N3O4/c1-3-5-6-7-9-14-22-21-28(22,24(32)13-4-2)29-27(35)23-15-12-20-31(23)26(34)17-16-25(33)30-18-10-8-11-19-30/h9,13-14,22-23,32H,3-8,10-12,15-21H2,1-2H3,(H,29,35)/b14-9-,24-13+. The lowest BCUT2D eigenvalue weighted by atomic mass is 10.1. The Labute approximate surface area is 211 Å². The molecule has 3 atom stereocenters. The molecule has 3 amide bonds. The summed E-state index contributed by atoms with van der Waals surface area (Å²) in [6.07, 6.45) is 16.9. The van der Waals surface area contributed by atoms with Crippen molar-refractivity contribution < 1.29 is 19.5 Å². The number of amides is 3. The number of aliphatic hydroxyl groups excluding tert-OH is 1. The zero-order valence-corrected chi connectivity index (χ0v) is 21.8. The van der Waals surface area contributed by atoms with Gasteiger partial charge in [-0.25, -0.2) is 0 Å². The molecule has 1 saturated carbocycles. The molecule has 7 nitrogen and oxygen atoms in total. The van der Waals surface area contributed by atoms with Gasteiger partial charge in [-0.05, 0) is 63.9 Å². The number of hydrogen-bond donors (Lipinski definition) is 2. The zero-order chi connectivity index (χ0) is 25.3. The molecular formula is C28H45N3O4. The molecule has 2 aliphatic heterocycles. The minimum absolute atomic E-state index is 0.0402. The van der Waals surface area contributed by atoms with Crippen molar-refractivity contribution in [3.63, 3.8) is 0 Å². The second-order valence-corrected chi connectivity index (χ2v) is 10.4. The molecule has 2 heterocycles. The van der Waals surface area contributed by atoms with E-state index in [-0.39, 0.29) is 42.2 Å². The maximum absolute atomic E-state index is 13.3. The monoisotopic (exact) mass is 487 g/mol. The number of aliphatic hydroxyl groups is 1. The number of carbonyl (C=O) groups is 3. The van der Waals surface area contributed by atoms with Crippen LogP contribution >= 0.6 is 0 Å². The van der Waals surface area contributed by atoms with E-state index in [1.807, 2.05) is 11.8 Å². The van der Waals surface area contributed by atoms with Crippen molar-refractivity contribution in [2.75, 3.05) is 19.6 Å². The van der Waals surface area contributed by atoms with Crippen LogP contribution in [-0.2, 0) is 14.4 Å². The number of rotatable bonds is 12. The normalized spacial score (nSPS) is 26.9. The highest BCUT2D eigenvalue weighted by Gasteiger charge is 2.58. The predicted molar refractivity (Wildman–Crippen MR) is 138 cm³/mol. The Morgan fingerprint density at radius 2 is 1.74 bits per heavy atom. The van der Waals surface area contributed by atoms with Crippen molar-refractivity contribution in [2.45, 2.75) is 109 Å². The molecule has 7 heteroatoms. The number of hydrogen-bond acceptors (Lipinski definition) is 4. The second kappa shape index (κ2) is 13.1. The molecule has 2 saturated heterocycles. The van der Waals surface area contributed by atoms with E-state index in [0.29, 0.717) is 25.8 Å². The number of carbonyl (C=O) groups excluding carboxylic acids is 3.